The first kappa shape index (κ1) is 13.5. The van der Waals surface area contributed by atoms with Gasteiger partial charge in [0.2, 0.25) is 11.8 Å². The molecular weight excluding hydrogens is 244 g/mol. The summed E-state index contributed by atoms with van der Waals surface area (Å²) < 4.78 is 0. The molecule has 1 aliphatic heterocycles. The number of carbonyl (C=O) groups is 2. The van der Waals surface area contributed by atoms with Gasteiger partial charge in [-0.25, -0.2) is 9.97 Å². The van der Waals surface area contributed by atoms with Gasteiger partial charge >= 0.3 is 0 Å². The van der Waals surface area contributed by atoms with Crippen LogP contribution >= 0.6 is 0 Å². The predicted octanol–water partition coefficient (Wildman–Crippen LogP) is 0.412. The molecule has 102 valence electrons. The van der Waals surface area contributed by atoms with Gasteiger partial charge in [0, 0.05) is 6.20 Å². The van der Waals surface area contributed by atoms with E-state index in [1.165, 1.54) is 0 Å². The average molecular weight is 262 g/mol. The fourth-order valence-corrected chi connectivity index (χ4v) is 2.15. The van der Waals surface area contributed by atoms with Gasteiger partial charge < -0.3 is 10.2 Å². The predicted molar refractivity (Wildman–Crippen MR) is 69.0 cm³/mol. The molecule has 1 aromatic rings. The molecular formula is C13H18N4O2. The Balaban J connectivity index is 2.19. The maximum absolute atomic E-state index is 12.4. The van der Waals surface area contributed by atoms with Crippen molar-refractivity contribution in [1.29, 1.82) is 0 Å². The van der Waals surface area contributed by atoms with Gasteiger partial charge in [0.15, 0.2) is 0 Å². The molecule has 1 unspecified atom stereocenters. The number of hydrogen-bond donors (Lipinski definition) is 1. The summed E-state index contributed by atoms with van der Waals surface area (Å²) in [7, 11) is 0. The summed E-state index contributed by atoms with van der Waals surface area (Å²) >= 11 is 0. The van der Waals surface area contributed by atoms with E-state index in [-0.39, 0.29) is 18.4 Å². The van der Waals surface area contributed by atoms with Crippen LogP contribution in [0.3, 0.4) is 0 Å². The van der Waals surface area contributed by atoms with E-state index >= 15 is 0 Å². The molecule has 0 saturated carbocycles. The Morgan fingerprint density at radius 2 is 2.21 bits per heavy atom. The lowest BCUT2D eigenvalue weighted by atomic mass is 9.94. The van der Waals surface area contributed by atoms with Gasteiger partial charge in [0.1, 0.15) is 17.9 Å². The van der Waals surface area contributed by atoms with Crippen LogP contribution in [0.1, 0.15) is 31.8 Å². The first-order valence-electron chi connectivity index (χ1n) is 6.33. The fourth-order valence-electron chi connectivity index (χ4n) is 2.15. The first-order chi connectivity index (χ1) is 8.94. The Bertz CT molecular complexity index is 517. The topological polar surface area (TPSA) is 75.2 Å². The maximum Gasteiger partial charge on any atom is 0.248 e. The van der Waals surface area contributed by atoms with Gasteiger partial charge in [-0.2, -0.15) is 0 Å². The van der Waals surface area contributed by atoms with Crippen LogP contribution in [-0.2, 0) is 16.1 Å². The fraction of sp³-hybridized carbons (Fsp3) is 0.538. The van der Waals surface area contributed by atoms with Crippen LogP contribution in [0, 0.1) is 6.92 Å². The molecule has 19 heavy (non-hydrogen) atoms. The number of rotatable bonds is 3. The molecule has 0 radical (unpaired) electrons. The van der Waals surface area contributed by atoms with E-state index in [0.717, 1.165) is 5.69 Å². The van der Waals surface area contributed by atoms with Gasteiger partial charge in [0.05, 0.1) is 12.2 Å². The van der Waals surface area contributed by atoms with Crippen LogP contribution in [-0.4, -0.2) is 38.8 Å². The van der Waals surface area contributed by atoms with E-state index in [1.807, 2.05) is 6.92 Å². The standard InChI is InChI=1S/C13H18N4O2/c1-4-13(3)12(19)17(8-11(18)16-13)7-10-5-6-14-9(2)15-10/h5-6H,4,7-8H2,1-3H3,(H,16,18). The average Bonchev–Trinajstić information content (AvgIpc) is 2.35. The molecule has 0 spiro atoms. The van der Waals surface area contributed by atoms with E-state index in [2.05, 4.69) is 15.3 Å². The SMILES string of the molecule is CCC1(C)NC(=O)CN(Cc2ccnc(C)n2)C1=O. The molecule has 1 N–H and O–H groups in total. The number of carbonyl (C=O) groups excluding carboxylic acids is 2. The lowest BCUT2D eigenvalue weighted by Gasteiger charge is -2.39. The zero-order valence-corrected chi connectivity index (χ0v) is 11.4. The number of nitrogens with one attached hydrogen (secondary N) is 1. The van der Waals surface area contributed by atoms with Crippen molar-refractivity contribution in [3.8, 4) is 0 Å². The number of aryl methyl sites for hydroxylation is 1. The van der Waals surface area contributed by atoms with Crippen molar-refractivity contribution in [3.05, 3.63) is 23.8 Å². The number of amides is 2. The summed E-state index contributed by atoms with van der Waals surface area (Å²) in [6.45, 7) is 5.86. The highest BCUT2D eigenvalue weighted by Gasteiger charge is 2.41. The van der Waals surface area contributed by atoms with E-state index in [0.29, 0.717) is 18.8 Å². The Morgan fingerprint density at radius 1 is 1.47 bits per heavy atom. The molecule has 1 fully saturated rings. The second-order valence-corrected chi connectivity index (χ2v) is 4.99. The van der Waals surface area contributed by atoms with Crippen molar-refractivity contribution in [1.82, 2.24) is 20.2 Å². The molecule has 0 aromatic carbocycles. The largest absolute Gasteiger partial charge is 0.340 e. The molecule has 6 heteroatoms. The van der Waals surface area contributed by atoms with Crippen LogP contribution < -0.4 is 5.32 Å². The second kappa shape index (κ2) is 4.95. The molecule has 1 saturated heterocycles. The minimum Gasteiger partial charge on any atom is -0.340 e. The summed E-state index contributed by atoms with van der Waals surface area (Å²) in [6.07, 6.45) is 2.22. The number of hydrogen-bond acceptors (Lipinski definition) is 4. The molecule has 2 amide bonds. The highest BCUT2D eigenvalue weighted by Crippen LogP contribution is 2.19. The Hall–Kier alpha value is -1.98. The van der Waals surface area contributed by atoms with Gasteiger partial charge in [0.25, 0.3) is 0 Å². The van der Waals surface area contributed by atoms with Gasteiger partial charge in [-0.1, -0.05) is 6.92 Å². The monoisotopic (exact) mass is 262 g/mol. The lowest BCUT2D eigenvalue weighted by molar-refractivity contribution is -0.150. The van der Waals surface area contributed by atoms with Crippen molar-refractivity contribution < 1.29 is 9.59 Å². The molecule has 1 aromatic heterocycles. The third-order valence-electron chi connectivity index (χ3n) is 3.40. The van der Waals surface area contributed by atoms with Gasteiger partial charge in [-0.05, 0) is 26.3 Å². The minimum atomic E-state index is -0.808. The number of nitrogens with zero attached hydrogens (tertiary/aromatic N) is 3. The third kappa shape index (κ3) is 2.72. The van der Waals surface area contributed by atoms with E-state index in [9.17, 15) is 9.59 Å². The summed E-state index contributed by atoms with van der Waals surface area (Å²) in [4.78, 5) is 33.9. The third-order valence-corrected chi connectivity index (χ3v) is 3.40. The normalized spacial score (nSPS) is 23.4. The van der Waals surface area contributed by atoms with Crippen LogP contribution in [0.15, 0.2) is 12.3 Å². The molecule has 1 atom stereocenters. The highest BCUT2D eigenvalue weighted by atomic mass is 16.2. The number of piperazine rings is 1. The Labute approximate surface area is 112 Å². The van der Waals surface area contributed by atoms with Gasteiger partial charge in [-0.15, -0.1) is 0 Å². The smallest absolute Gasteiger partial charge is 0.248 e. The molecule has 0 bridgehead atoms. The maximum atomic E-state index is 12.4. The lowest BCUT2D eigenvalue weighted by Crippen LogP contribution is -2.64. The molecule has 0 aliphatic carbocycles. The molecule has 1 aliphatic rings. The number of aromatic nitrogens is 2. The summed E-state index contributed by atoms with van der Waals surface area (Å²) in [5.74, 6) is 0.463. The van der Waals surface area contributed by atoms with Crippen molar-refractivity contribution in [2.75, 3.05) is 6.54 Å². The van der Waals surface area contributed by atoms with Crippen LogP contribution in [0.5, 0.6) is 0 Å². The Kier molecular flexibility index (Phi) is 3.50. The van der Waals surface area contributed by atoms with Crippen molar-refractivity contribution in [3.63, 3.8) is 0 Å². The minimum absolute atomic E-state index is 0.0640. The van der Waals surface area contributed by atoms with E-state index in [1.54, 1.807) is 31.0 Å². The van der Waals surface area contributed by atoms with Crippen LogP contribution in [0.25, 0.3) is 0 Å². The quantitative estimate of drug-likeness (QED) is 0.856. The van der Waals surface area contributed by atoms with Crippen LogP contribution in [0.2, 0.25) is 0 Å². The van der Waals surface area contributed by atoms with Crippen LogP contribution in [0.4, 0.5) is 0 Å². The molecule has 2 rings (SSSR count). The van der Waals surface area contributed by atoms with Crippen molar-refractivity contribution in [2.24, 2.45) is 0 Å². The van der Waals surface area contributed by atoms with Crippen molar-refractivity contribution >= 4 is 11.8 Å². The Morgan fingerprint density at radius 3 is 2.84 bits per heavy atom. The zero-order chi connectivity index (χ0) is 14.0. The van der Waals surface area contributed by atoms with E-state index < -0.39 is 5.54 Å². The summed E-state index contributed by atoms with van der Waals surface area (Å²) in [5.41, 5.74) is -0.0637. The van der Waals surface area contributed by atoms with Crippen molar-refractivity contribution in [2.45, 2.75) is 39.3 Å². The first-order valence-corrected chi connectivity index (χ1v) is 6.33. The summed E-state index contributed by atoms with van der Waals surface area (Å²) in [5, 5.41) is 2.76. The van der Waals surface area contributed by atoms with Gasteiger partial charge in [-0.3, -0.25) is 9.59 Å². The highest BCUT2D eigenvalue weighted by molar-refractivity contribution is 5.97. The molecule has 2 heterocycles. The van der Waals surface area contributed by atoms with E-state index in [4.69, 9.17) is 0 Å². The second-order valence-electron chi connectivity index (χ2n) is 4.99. The molecule has 6 nitrogen and oxygen atoms in total. The zero-order valence-electron chi connectivity index (χ0n) is 11.4. The summed E-state index contributed by atoms with van der Waals surface area (Å²) in [6, 6.07) is 1.76.